The molecule has 2 unspecified atom stereocenters. The lowest BCUT2D eigenvalue weighted by molar-refractivity contribution is -0.151. The summed E-state index contributed by atoms with van der Waals surface area (Å²) in [5.41, 5.74) is -1.04. The molecule has 27 heavy (non-hydrogen) atoms. The van der Waals surface area contributed by atoms with E-state index in [-0.39, 0.29) is 37.0 Å². The van der Waals surface area contributed by atoms with Crippen LogP contribution in [0.3, 0.4) is 0 Å². The molecule has 0 spiro atoms. The Morgan fingerprint density at radius 3 is 2.56 bits per heavy atom. The highest BCUT2D eigenvalue weighted by atomic mass is 19.1. The molecule has 146 valence electrons. The molecule has 2 aliphatic rings. The number of amides is 2. The Hall–Kier alpha value is -2.51. The van der Waals surface area contributed by atoms with Crippen molar-refractivity contribution in [3.63, 3.8) is 0 Å². The van der Waals surface area contributed by atoms with Crippen LogP contribution in [0.1, 0.15) is 26.7 Å². The number of aliphatic carboxylic acids is 1. The number of hydrogen-bond donors (Lipinski definition) is 1. The van der Waals surface area contributed by atoms with Crippen LogP contribution in [0.15, 0.2) is 18.2 Å². The van der Waals surface area contributed by atoms with Crippen LogP contribution in [0.5, 0.6) is 0 Å². The Bertz CT molecular complexity index is 798. The molecule has 2 aliphatic heterocycles. The molecule has 0 aromatic heterocycles. The number of carboxylic acids is 1. The van der Waals surface area contributed by atoms with Gasteiger partial charge in [0.05, 0.1) is 17.0 Å². The fourth-order valence-corrected chi connectivity index (χ4v) is 3.98. The average molecular weight is 380 g/mol. The van der Waals surface area contributed by atoms with Gasteiger partial charge in [0.2, 0.25) is 11.8 Å². The molecule has 2 saturated heterocycles. The van der Waals surface area contributed by atoms with E-state index >= 15 is 0 Å². The molecule has 0 aliphatic carbocycles. The summed E-state index contributed by atoms with van der Waals surface area (Å²) in [5.74, 6) is -4.04. The molecule has 2 heterocycles. The van der Waals surface area contributed by atoms with Gasteiger partial charge in [-0.1, -0.05) is 13.8 Å². The SMILES string of the molecule is CC(C)C1(C(=O)O)CCN(C(=O)C2CC(=O)N(c3ccc(F)cc3F)C2)C1. The Morgan fingerprint density at radius 2 is 2.00 bits per heavy atom. The standard InChI is InChI=1S/C19H22F2N2O4/c1-11(2)19(18(26)27)5-6-22(10-19)17(25)12-7-16(24)23(9-12)15-4-3-13(20)8-14(15)21/h3-4,8,11-12H,5-7,9-10H2,1-2H3,(H,26,27). The fraction of sp³-hybridized carbons (Fsp3) is 0.526. The number of benzene rings is 1. The lowest BCUT2D eigenvalue weighted by Gasteiger charge is -2.29. The maximum absolute atomic E-state index is 14.0. The highest BCUT2D eigenvalue weighted by Gasteiger charge is 2.50. The largest absolute Gasteiger partial charge is 0.481 e. The summed E-state index contributed by atoms with van der Waals surface area (Å²) in [7, 11) is 0. The second kappa shape index (κ2) is 6.90. The molecule has 0 radical (unpaired) electrons. The first-order valence-electron chi connectivity index (χ1n) is 8.93. The van der Waals surface area contributed by atoms with E-state index in [1.807, 2.05) is 13.8 Å². The summed E-state index contributed by atoms with van der Waals surface area (Å²) in [6.07, 6.45) is 0.288. The Balaban J connectivity index is 1.74. The Morgan fingerprint density at radius 1 is 1.30 bits per heavy atom. The summed E-state index contributed by atoms with van der Waals surface area (Å²) >= 11 is 0. The minimum Gasteiger partial charge on any atom is -0.481 e. The van der Waals surface area contributed by atoms with Crippen molar-refractivity contribution >= 4 is 23.5 Å². The molecular weight excluding hydrogens is 358 g/mol. The first-order chi connectivity index (χ1) is 12.7. The van der Waals surface area contributed by atoms with E-state index in [1.54, 1.807) is 0 Å². The quantitative estimate of drug-likeness (QED) is 0.869. The average Bonchev–Trinajstić information content (AvgIpc) is 3.19. The van der Waals surface area contributed by atoms with E-state index in [2.05, 4.69) is 0 Å². The fourth-order valence-electron chi connectivity index (χ4n) is 3.98. The number of hydrogen-bond acceptors (Lipinski definition) is 3. The van der Waals surface area contributed by atoms with Gasteiger partial charge in [-0.25, -0.2) is 8.78 Å². The second-order valence-corrected chi connectivity index (χ2v) is 7.63. The first-order valence-corrected chi connectivity index (χ1v) is 8.93. The summed E-state index contributed by atoms with van der Waals surface area (Å²) in [6.45, 7) is 4.06. The molecule has 1 aromatic carbocycles. The predicted octanol–water partition coefficient (Wildman–Crippen LogP) is 2.28. The van der Waals surface area contributed by atoms with Crippen molar-refractivity contribution in [3.05, 3.63) is 29.8 Å². The third-order valence-corrected chi connectivity index (χ3v) is 5.82. The van der Waals surface area contributed by atoms with Gasteiger partial charge in [0.15, 0.2) is 0 Å². The summed E-state index contributed by atoms with van der Waals surface area (Å²) in [5, 5.41) is 9.61. The van der Waals surface area contributed by atoms with E-state index in [1.165, 1.54) is 11.0 Å². The van der Waals surface area contributed by atoms with Gasteiger partial charge in [0.1, 0.15) is 11.6 Å². The first kappa shape index (κ1) is 19.3. The monoisotopic (exact) mass is 380 g/mol. The van der Waals surface area contributed by atoms with Crippen molar-refractivity contribution in [1.29, 1.82) is 0 Å². The molecule has 0 bridgehead atoms. The zero-order chi connectivity index (χ0) is 19.9. The van der Waals surface area contributed by atoms with E-state index in [9.17, 15) is 28.3 Å². The summed E-state index contributed by atoms with van der Waals surface area (Å²) in [6, 6.07) is 2.94. The van der Waals surface area contributed by atoms with E-state index in [0.29, 0.717) is 19.0 Å². The van der Waals surface area contributed by atoms with Crippen LogP contribution >= 0.6 is 0 Å². The van der Waals surface area contributed by atoms with Crippen LogP contribution in [0.4, 0.5) is 14.5 Å². The van der Waals surface area contributed by atoms with Gasteiger partial charge in [-0.15, -0.1) is 0 Å². The van der Waals surface area contributed by atoms with Crippen molar-refractivity contribution in [1.82, 2.24) is 4.90 Å². The summed E-state index contributed by atoms with van der Waals surface area (Å²) in [4.78, 5) is 39.5. The van der Waals surface area contributed by atoms with Crippen LogP contribution < -0.4 is 4.90 Å². The van der Waals surface area contributed by atoms with Gasteiger partial charge in [0, 0.05) is 32.1 Å². The molecule has 6 nitrogen and oxygen atoms in total. The van der Waals surface area contributed by atoms with Crippen molar-refractivity contribution in [2.75, 3.05) is 24.5 Å². The number of likely N-dealkylation sites (tertiary alicyclic amines) is 1. The highest BCUT2D eigenvalue weighted by Crippen LogP contribution is 2.39. The van der Waals surface area contributed by atoms with Gasteiger partial charge >= 0.3 is 5.97 Å². The Labute approximate surface area is 155 Å². The lowest BCUT2D eigenvalue weighted by atomic mass is 9.76. The maximum Gasteiger partial charge on any atom is 0.311 e. The van der Waals surface area contributed by atoms with E-state index < -0.39 is 34.8 Å². The molecule has 2 fully saturated rings. The van der Waals surface area contributed by atoms with Crippen LogP contribution in [-0.2, 0) is 14.4 Å². The normalized spacial score (nSPS) is 25.5. The van der Waals surface area contributed by atoms with Gasteiger partial charge < -0.3 is 14.9 Å². The minimum atomic E-state index is -0.985. The second-order valence-electron chi connectivity index (χ2n) is 7.63. The van der Waals surface area contributed by atoms with Gasteiger partial charge in [-0.2, -0.15) is 0 Å². The zero-order valence-corrected chi connectivity index (χ0v) is 15.2. The number of carboxylic acid groups (broad SMARTS) is 1. The van der Waals surface area contributed by atoms with Crippen molar-refractivity contribution in [2.24, 2.45) is 17.3 Å². The maximum atomic E-state index is 14.0. The molecular formula is C19H22F2N2O4. The smallest absolute Gasteiger partial charge is 0.311 e. The number of carbonyl (C=O) groups excluding carboxylic acids is 2. The zero-order valence-electron chi connectivity index (χ0n) is 15.2. The number of anilines is 1. The molecule has 0 saturated carbocycles. The third-order valence-electron chi connectivity index (χ3n) is 5.82. The lowest BCUT2D eigenvalue weighted by Crippen LogP contribution is -2.42. The van der Waals surface area contributed by atoms with E-state index in [4.69, 9.17) is 0 Å². The van der Waals surface area contributed by atoms with Crippen molar-refractivity contribution in [3.8, 4) is 0 Å². The van der Waals surface area contributed by atoms with E-state index in [0.717, 1.165) is 11.0 Å². The summed E-state index contributed by atoms with van der Waals surface area (Å²) < 4.78 is 27.1. The van der Waals surface area contributed by atoms with Crippen LogP contribution in [0, 0.1) is 28.9 Å². The highest BCUT2D eigenvalue weighted by molar-refractivity contribution is 6.00. The van der Waals surface area contributed by atoms with Gasteiger partial charge in [0.25, 0.3) is 0 Å². The van der Waals surface area contributed by atoms with Crippen LogP contribution in [-0.4, -0.2) is 47.4 Å². The minimum absolute atomic E-state index is 0.00152. The number of halogens is 2. The molecule has 2 amide bonds. The number of rotatable bonds is 4. The molecule has 2 atom stereocenters. The number of carbonyl (C=O) groups is 3. The predicted molar refractivity (Wildman–Crippen MR) is 92.9 cm³/mol. The molecule has 3 rings (SSSR count). The molecule has 8 heteroatoms. The van der Waals surface area contributed by atoms with Crippen molar-refractivity contribution < 1.29 is 28.3 Å². The van der Waals surface area contributed by atoms with Gasteiger partial charge in [-0.3, -0.25) is 14.4 Å². The molecule has 1 N–H and O–H groups in total. The molecule has 1 aromatic rings. The van der Waals surface area contributed by atoms with Crippen LogP contribution in [0.25, 0.3) is 0 Å². The topological polar surface area (TPSA) is 77.9 Å². The third kappa shape index (κ3) is 3.28. The van der Waals surface area contributed by atoms with Gasteiger partial charge in [-0.05, 0) is 24.5 Å². The van der Waals surface area contributed by atoms with Crippen LogP contribution in [0.2, 0.25) is 0 Å². The Kier molecular flexibility index (Phi) is 4.92. The number of nitrogens with zero attached hydrogens (tertiary/aromatic N) is 2. The van der Waals surface area contributed by atoms with Crippen molar-refractivity contribution in [2.45, 2.75) is 26.7 Å².